The molecule has 0 aliphatic rings. The van der Waals surface area contributed by atoms with Crippen LogP contribution in [0.1, 0.15) is 19.8 Å². The van der Waals surface area contributed by atoms with E-state index in [9.17, 15) is 4.79 Å². The molecule has 0 unspecified atom stereocenters. The summed E-state index contributed by atoms with van der Waals surface area (Å²) in [5, 5.41) is 0. The zero-order valence-corrected chi connectivity index (χ0v) is 6.23. The van der Waals surface area contributed by atoms with Crippen molar-refractivity contribution in [2.24, 2.45) is 0 Å². The van der Waals surface area contributed by atoms with Gasteiger partial charge in [0.15, 0.2) is 0 Å². The first kappa shape index (κ1) is 7.44. The quantitative estimate of drug-likeness (QED) is 0.301. The summed E-state index contributed by atoms with van der Waals surface area (Å²) in [6.07, 6.45) is 2.49. The van der Waals surface area contributed by atoms with E-state index in [1.807, 2.05) is 0 Å². The lowest BCUT2D eigenvalue weighted by atomic mass is 10.4. The molecule has 1 nitrogen and oxygen atoms in total. The van der Waals surface area contributed by atoms with Gasteiger partial charge >= 0.3 is 20.4 Å². The van der Waals surface area contributed by atoms with E-state index in [4.69, 9.17) is 0 Å². The van der Waals surface area contributed by atoms with Gasteiger partial charge in [-0.05, 0) is 4.42 Å². The standard InChI is InChI=1S/C4H9.CHO.Mg/c1-3-4-2;1-2;/h1,3-4H2,2H3;1H;. The van der Waals surface area contributed by atoms with Gasteiger partial charge in [-0.1, -0.05) is 19.8 Å². The molecule has 2 heteroatoms. The lowest BCUT2D eigenvalue weighted by Crippen LogP contribution is -1.88. The first-order valence-corrected chi connectivity index (χ1v) is 4.67. The van der Waals surface area contributed by atoms with Crippen molar-refractivity contribution in [1.29, 1.82) is 0 Å². The highest BCUT2D eigenvalue weighted by molar-refractivity contribution is 6.66. The smallest absolute Gasteiger partial charge is 0.340 e. The summed E-state index contributed by atoms with van der Waals surface area (Å²) in [7, 11) is 0. The van der Waals surface area contributed by atoms with Crippen LogP contribution in [0.15, 0.2) is 0 Å². The van der Waals surface area contributed by atoms with Crippen molar-refractivity contribution in [3.63, 3.8) is 0 Å². The summed E-state index contributed by atoms with van der Waals surface area (Å²) in [4.78, 5) is 9.74. The van der Waals surface area contributed by atoms with Crippen LogP contribution in [-0.2, 0) is 4.79 Å². The van der Waals surface area contributed by atoms with Crippen LogP contribution >= 0.6 is 0 Å². The third-order valence-electron chi connectivity index (χ3n) is 0.926. The van der Waals surface area contributed by atoms with E-state index in [1.165, 1.54) is 17.4 Å². The lowest BCUT2D eigenvalue weighted by Gasteiger charge is -1.83. The largest absolute Gasteiger partial charge is 0.462 e. The van der Waals surface area contributed by atoms with Crippen molar-refractivity contribution in [3.05, 3.63) is 0 Å². The number of unbranched alkanes of at least 4 members (excludes halogenated alkanes) is 1. The molecule has 7 heavy (non-hydrogen) atoms. The monoisotopic (exact) mass is 110 g/mol. The topological polar surface area (TPSA) is 17.1 Å². The van der Waals surface area contributed by atoms with Gasteiger partial charge in [0.25, 0.3) is 0 Å². The predicted octanol–water partition coefficient (Wildman–Crippen LogP) is 1.10. The second kappa shape index (κ2) is 6.44. The SMILES string of the molecule is CCC[CH2][Mg][CH]=O. The molecule has 0 radical (unpaired) electrons. The molecule has 0 fully saturated rings. The maximum absolute atomic E-state index is 9.74. The Balaban J connectivity index is 2.56. The minimum Gasteiger partial charge on any atom is -0.340 e. The van der Waals surface area contributed by atoms with Gasteiger partial charge < -0.3 is 4.79 Å². The highest BCUT2D eigenvalue weighted by Crippen LogP contribution is 1.90. The highest BCUT2D eigenvalue weighted by Gasteiger charge is 1.88. The van der Waals surface area contributed by atoms with E-state index in [-0.39, 0.29) is 20.4 Å². The third-order valence-corrected chi connectivity index (χ3v) is 2.07. The number of carbonyl (C=O) groups is 1. The molecular formula is C5H10MgO. The molecule has 0 atom stereocenters. The maximum Gasteiger partial charge on any atom is 0.462 e. The number of rotatable bonds is 4. The molecule has 0 N–H and O–H groups in total. The Hall–Kier alpha value is 0.436. The second-order valence-corrected chi connectivity index (χ2v) is 3.28. The van der Waals surface area contributed by atoms with Crippen LogP contribution in [-0.4, -0.2) is 24.8 Å². The van der Waals surface area contributed by atoms with Crippen molar-refractivity contribution >= 4 is 24.8 Å². The Morgan fingerprint density at radius 1 is 1.71 bits per heavy atom. The summed E-state index contributed by atoms with van der Waals surface area (Å²) in [5.74, 6) is 0. The molecule has 0 spiro atoms. The van der Waals surface area contributed by atoms with E-state index >= 15 is 0 Å². The predicted molar refractivity (Wildman–Crippen MR) is 32.2 cm³/mol. The van der Waals surface area contributed by atoms with Crippen molar-refractivity contribution in [3.8, 4) is 0 Å². The highest BCUT2D eigenvalue weighted by atomic mass is 24.5. The van der Waals surface area contributed by atoms with Crippen LogP contribution in [0.4, 0.5) is 0 Å². The molecule has 0 bridgehead atoms. The van der Waals surface area contributed by atoms with Crippen molar-refractivity contribution in [2.75, 3.05) is 0 Å². The zero-order chi connectivity index (χ0) is 5.54. The molecule has 0 aromatic carbocycles. The average molecular weight is 110 g/mol. The van der Waals surface area contributed by atoms with Gasteiger partial charge in [-0.2, -0.15) is 0 Å². The lowest BCUT2D eigenvalue weighted by molar-refractivity contribution is 0.568. The van der Waals surface area contributed by atoms with Crippen molar-refractivity contribution in [2.45, 2.75) is 24.3 Å². The first-order chi connectivity index (χ1) is 3.41. The van der Waals surface area contributed by atoms with Gasteiger partial charge in [-0.25, -0.2) is 0 Å². The molecule has 0 heterocycles. The van der Waals surface area contributed by atoms with Crippen LogP contribution in [0, 0.1) is 0 Å². The Bertz CT molecular complexity index is 45.3. The van der Waals surface area contributed by atoms with Gasteiger partial charge in [-0.3, -0.25) is 0 Å². The number of hydrogen-bond donors (Lipinski definition) is 0. The zero-order valence-electron chi connectivity index (χ0n) is 4.81. The van der Waals surface area contributed by atoms with E-state index in [1.54, 1.807) is 0 Å². The van der Waals surface area contributed by atoms with Crippen molar-refractivity contribution in [1.82, 2.24) is 0 Å². The fourth-order valence-corrected chi connectivity index (χ4v) is 1.43. The summed E-state index contributed by atoms with van der Waals surface area (Å²) in [6.45, 7) is 2.15. The molecule has 38 valence electrons. The van der Waals surface area contributed by atoms with Crippen LogP contribution in [0.2, 0.25) is 4.55 Å². The van der Waals surface area contributed by atoms with E-state index in [2.05, 4.69) is 6.92 Å². The molecular weight excluding hydrogens is 100 g/mol. The molecule has 0 aliphatic carbocycles. The van der Waals surface area contributed by atoms with Crippen LogP contribution in [0.3, 0.4) is 0 Å². The van der Waals surface area contributed by atoms with Gasteiger partial charge in [0, 0.05) is 0 Å². The molecule has 0 saturated heterocycles. The molecule has 0 aromatic rings. The Morgan fingerprint density at radius 3 is 2.86 bits per heavy atom. The normalized spacial score (nSPS) is 7.57. The fourth-order valence-electron chi connectivity index (χ4n) is 0.478. The summed E-state index contributed by atoms with van der Waals surface area (Å²) < 4.78 is 2.33. The second-order valence-electron chi connectivity index (χ2n) is 1.66. The molecule has 0 rings (SSSR count). The summed E-state index contributed by atoms with van der Waals surface area (Å²) in [5.41, 5.74) is 0. The minimum absolute atomic E-state index is 0.270. The molecule has 0 amide bonds. The van der Waals surface area contributed by atoms with Crippen LogP contribution in [0.5, 0.6) is 0 Å². The van der Waals surface area contributed by atoms with E-state index < -0.39 is 0 Å². The van der Waals surface area contributed by atoms with Crippen LogP contribution in [0.25, 0.3) is 0 Å². The van der Waals surface area contributed by atoms with E-state index in [0.717, 1.165) is 4.42 Å². The van der Waals surface area contributed by atoms with E-state index in [0.29, 0.717) is 0 Å². The number of carbonyl (C=O) groups excluding carboxylic acids is 1. The van der Waals surface area contributed by atoms with Crippen molar-refractivity contribution < 1.29 is 4.79 Å². The van der Waals surface area contributed by atoms with Gasteiger partial charge in [0.2, 0.25) is 0 Å². The minimum atomic E-state index is -0.270. The summed E-state index contributed by atoms with van der Waals surface area (Å²) in [6, 6.07) is 0. The molecule has 0 saturated carbocycles. The molecule has 0 aliphatic heterocycles. The van der Waals surface area contributed by atoms with Gasteiger partial charge in [0.1, 0.15) is 0 Å². The number of hydrogen-bond acceptors (Lipinski definition) is 1. The first-order valence-electron chi connectivity index (χ1n) is 2.85. The van der Waals surface area contributed by atoms with Crippen LogP contribution < -0.4 is 0 Å². The third kappa shape index (κ3) is 6.44. The Labute approximate surface area is 54.2 Å². The summed E-state index contributed by atoms with van der Waals surface area (Å²) >= 11 is -0.270. The fraction of sp³-hybridized carbons (Fsp3) is 0.800. The van der Waals surface area contributed by atoms with Gasteiger partial charge in [-0.15, -0.1) is 4.55 Å². The maximum atomic E-state index is 9.74. The molecule has 0 aromatic heterocycles. The average Bonchev–Trinajstić information content (AvgIpc) is 1.69. The Kier molecular flexibility index (Phi) is 6.84. The van der Waals surface area contributed by atoms with Gasteiger partial charge in [0.05, 0.1) is 0 Å². The Morgan fingerprint density at radius 2 is 2.43 bits per heavy atom.